The molecule has 0 aliphatic carbocycles. The van der Waals surface area contributed by atoms with Gasteiger partial charge in [-0.3, -0.25) is 4.99 Å². The number of benzene rings is 1. The molecule has 1 unspecified atom stereocenters. The van der Waals surface area contributed by atoms with Gasteiger partial charge in [-0.1, -0.05) is 24.8 Å². The summed E-state index contributed by atoms with van der Waals surface area (Å²) in [6.45, 7) is 3.65. The summed E-state index contributed by atoms with van der Waals surface area (Å²) in [6.07, 6.45) is 3.56. The molecule has 12 heavy (non-hydrogen) atoms. The summed E-state index contributed by atoms with van der Waals surface area (Å²) in [5.41, 5.74) is 5.18. The predicted molar refractivity (Wildman–Crippen MR) is 48.8 cm³/mol. The lowest BCUT2D eigenvalue weighted by Gasteiger charge is -2.10. The molecule has 0 bridgehead atoms. The molecule has 2 heteroatoms. The molecule has 1 aliphatic heterocycles. The van der Waals surface area contributed by atoms with E-state index in [4.69, 9.17) is 5.73 Å². The van der Waals surface area contributed by atoms with Crippen molar-refractivity contribution < 1.29 is 0 Å². The van der Waals surface area contributed by atoms with Crippen LogP contribution in [0.1, 0.15) is 0 Å². The van der Waals surface area contributed by atoms with Crippen LogP contribution in [-0.4, -0.2) is 5.66 Å². The lowest BCUT2D eigenvalue weighted by molar-refractivity contribution is 0.731. The molecule has 1 heterocycles. The maximum absolute atomic E-state index is 5.87. The lowest BCUT2D eigenvalue weighted by atomic mass is 10.2. The molecule has 0 saturated carbocycles. The Morgan fingerprint density at radius 1 is 1.42 bits per heavy atom. The first-order chi connectivity index (χ1) is 5.73. The largest absolute Gasteiger partial charge is 0.301 e. The van der Waals surface area contributed by atoms with Crippen LogP contribution in [0.3, 0.4) is 0 Å². The summed E-state index contributed by atoms with van der Waals surface area (Å²) in [5, 5.41) is 2.03. The molecule has 0 spiro atoms. The minimum Gasteiger partial charge on any atom is -0.301 e. The van der Waals surface area contributed by atoms with E-state index < -0.39 is 5.66 Å². The van der Waals surface area contributed by atoms with E-state index in [2.05, 4.69) is 11.6 Å². The van der Waals surface area contributed by atoms with Gasteiger partial charge in [-0.15, -0.1) is 0 Å². The lowest BCUT2D eigenvalue weighted by Crippen LogP contribution is -2.30. The van der Waals surface area contributed by atoms with Crippen molar-refractivity contribution in [2.45, 2.75) is 5.66 Å². The fourth-order valence-electron chi connectivity index (χ4n) is 1.31. The van der Waals surface area contributed by atoms with Gasteiger partial charge >= 0.3 is 0 Å². The minimum atomic E-state index is -0.691. The van der Waals surface area contributed by atoms with Crippen LogP contribution in [0.4, 0.5) is 0 Å². The van der Waals surface area contributed by atoms with Crippen LogP contribution < -0.4 is 16.3 Å². The first kappa shape index (κ1) is 7.25. The molecule has 1 aromatic rings. The third kappa shape index (κ3) is 0.970. The smallest absolute Gasteiger partial charge is 0.147 e. The van der Waals surface area contributed by atoms with Crippen molar-refractivity contribution in [3.05, 3.63) is 47.5 Å². The molecular formula is C10H10N2. The van der Waals surface area contributed by atoms with Crippen molar-refractivity contribution in [3.8, 4) is 0 Å². The van der Waals surface area contributed by atoms with Crippen molar-refractivity contribution in [1.29, 1.82) is 0 Å². The zero-order valence-electron chi connectivity index (χ0n) is 6.70. The monoisotopic (exact) mass is 158 g/mol. The molecule has 2 N–H and O–H groups in total. The second-order valence-corrected chi connectivity index (χ2v) is 2.91. The van der Waals surface area contributed by atoms with Crippen molar-refractivity contribution in [2.24, 2.45) is 10.7 Å². The maximum Gasteiger partial charge on any atom is 0.147 e. The molecule has 1 aromatic carbocycles. The van der Waals surface area contributed by atoms with E-state index in [9.17, 15) is 0 Å². The van der Waals surface area contributed by atoms with Gasteiger partial charge in [-0.05, 0) is 23.4 Å². The normalized spacial score (nSPS) is 25.4. The second kappa shape index (κ2) is 2.29. The van der Waals surface area contributed by atoms with Crippen LogP contribution >= 0.6 is 0 Å². The van der Waals surface area contributed by atoms with Gasteiger partial charge in [0.05, 0.1) is 5.36 Å². The van der Waals surface area contributed by atoms with Crippen LogP contribution in [0, 0.1) is 0 Å². The Morgan fingerprint density at radius 3 is 2.83 bits per heavy atom. The Hall–Kier alpha value is -1.41. The standard InChI is InChI=1S/C10H10N2/c1-2-10(11)7-8-5-3-4-6-9(8)12-10/h2-7H,1,11H2. The van der Waals surface area contributed by atoms with E-state index in [1.165, 1.54) is 0 Å². The Kier molecular flexibility index (Phi) is 1.38. The van der Waals surface area contributed by atoms with E-state index in [1.807, 2.05) is 30.3 Å². The van der Waals surface area contributed by atoms with E-state index in [0.717, 1.165) is 10.6 Å². The second-order valence-electron chi connectivity index (χ2n) is 2.91. The summed E-state index contributed by atoms with van der Waals surface area (Å²) in [6, 6.07) is 7.87. The average molecular weight is 158 g/mol. The summed E-state index contributed by atoms with van der Waals surface area (Å²) in [5.74, 6) is 0. The molecule has 1 aliphatic rings. The Bertz CT molecular complexity index is 396. The number of hydrogen-bond acceptors (Lipinski definition) is 2. The highest BCUT2D eigenvalue weighted by Gasteiger charge is 2.18. The number of rotatable bonds is 1. The SMILES string of the molecule is C=CC1(N)C=c2ccccc2=N1. The number of nitrogens with two attached hydrogens (primary N) is 1. The zero-order valence-corrected chi connectivity index (χ0v) is 6.70. The van der Waals surface area contributed by atoms with Gasteiger partial charge in [0.15, 0.2) is 0 Å². The van der Waals surface area contributed by atoms with E-state index in [-0.39, 0.29) is 0 Å². The topological polar surface area (TPSA) is 38.4 Å². The molecule has 2 rings (SSSR count). The molecule has 0 amide bonds. The van der Waals surface area contributed by atoms with Crippen LogP contribution in [-0.2, 0) is 0 Å². The van der Waals surface area contributed by atoms with E-state index >= 15 is 0 Å². The van der Waals surface area contributed by atoms with Crippen LogP contribution in [0.25, 0.3) is 6.08 Å². The quantitative estimate of drug-likeness (QED) is 0.571. The molecule has 0 fully saturated rings. The molecule has 0 aromatic heterocycles. The van der Waals surface area contributed by atoms with Gasteiger partial charge in [-0.2, -0.15) is 0 Å². The number of fused-ring (bicyclic) bond motifs is 1. The van der Waals surface area contributed by atoms with Gasteiger partial charge in [0.2, 0.25) is 0 Å². The third-order valence-electron chi connectivity index (χ3n) is 1.96. The summed E-state index contributed by atoms with van der Waals surface area (Å²) in [4.78, 5) is 4.31. The molecular weight excluding hydrogens is 148 g/mol. The fourth-order valence-corrected chi connectivity index (χ4v) is 1.31. The van der Waals surface area contributed by atoms with Gasteiger partial charge in [0, 0.05) is 0 Å². The zero-order chi connectivity index (χ0) is 8.60. The molecule has 60 valence electrons. The fraction of sp³-hybridized carbons (Fsp3) is 0.100. The highest BCUT2D eigenvalue weighted by Crippen LogP contribution is 2.06. The Labute approximate surface area is 70.7 Å². The molecule has 0 radical (unpaired) electrons. The number of nitrogens with zero attached hydrogens (tertiary/aromatic N) is 1. The van der Waals surface area contributed by atoms with Gasteiger partial charge in [-0.25, -0.2) is 0 Å². The number of hydrogen-bond donors (Lipinski definition) is 1. The van der Waals surface area contributed by atoms with E-state index in [0.29, 0.717) is 0 Å². The van der Waals surface area contributed by atoms with Crippen LogP contribution in [0.2, 0.25) is 0 Å². The third-order valence-corrected chi connectivity index (χ3v) is 1.96. The highest BCUT2D eigenvalue weighted by atomic mass is 15.0. The predicted octanol–water partition coefficient (Wildman–Crippen LogP) is -0.0587. The molecule has 1 atom stereocenters. The van der Waals surface area contributed by atoms with Crippen LogP contribution in [0.15, 0.2) is 41.9 Å². The summed E-state index contributed by atoms with van der Waals surface area (Å²) >= 11 is 0. The first-order valence-electron chi connectivity index (χ1n) is 3.84. The number of para-hydroxylation sites is 1. The molecule has 0 saturated heterocycles. The molecule has 2 nitrogen and oxygen atoms in total. The van der Waals surface area contributed by atoms with E-state index in [1.54, 1.807) is 6.08 Å². The van der Waals surface area contributed by atoms with Crippen molar-refractivity contribution in [2.75, 3.05) is 0 Å². The van der Waals surface area contributed by atoms with Gasteiger partial charge in [0.1, 0.15) is 5.66 Å². The maximum atomic E-state index is 5.87. The van der Waals surface area contributed by atoms with Crippen molar-refractivity contribution in [1.82, 2.24) is 0 Å². The van der Waals surface area contributed by atoms with Gasteiger partial charge in [0.25, 0.3) is 0 Å². The van der Waals surface area contributed by atoms with Crippen molar-refractivity contribution in [3.63, 3.8) is 0 Å². The Morgan fingerprint density at radius 2 is 2.17 bits per heavy atom. The highest BCUT2D eigenvalue weighted by molar-refractivity contribution is 5.44. The average Bonchev–Trinajstić information content (AvgIpc) is 2.42. The van der Waals surface area contributed by atoms with Crippen LogP contribution in [0.5, 0.6) is 0 Å². The minimum absolute atomic E-state index is 0.691. The van der Waals surface area contributed by atoms with Crippen molar-refractivity contribution >= 4 is 6.08 Å². The van der Waals surface area contributed by atoms with Gasteiger partial charge < -0.3 is 5.73 Å². The summed E-state index contributed by atoms with van der Waals surface area (Å²) in [7, 11) is 0. The Balaban J connectivity index is 2.75. The summed E-state index contributed by atoms with van der Waals surface area (Å²) < 4.78 is 0. The first-order valence-corrected chi connectivity index (χ1v) is 3.84.